The average Bonchev–Trinajstić information content (AvgIpc) is 2.95. The van der Waals surface area contributed by atoms with Gasteiger partial charge < -0.3 is 0 Å². The molecule has 0 unspecified atom stereocenters. The number of benzene rings is 2. The fraction of sp³-hybridized carbons (Fsp3) is 0.167. The third-order valence-corrected chi connectivity index (χ3v) is 5.34. The van der Waals surface area contributed by atoms with Crippen molar-refractivity contribution < 1.29 is 21.6 Å². The molecule has 0 atom stereocenters. The van der Waals surface area contributed by atoms with E-state index in [-0.39, 0.29) is 0 Å². The van der Waals surface area contributed by atoms with Crippen LogP contribution in [0.15, 0.2) is 48.5 Å². The van der Waals surface area contributed by atoms with E-state index in [0.29, 0.717) is 22.0 Å². The van der Waals surface area contributed by atoms with E-state index >= 15 is 0 Å². The minimum Gasteiger partial charge on any atom is -0.284 e. The summed E-state index contributed by atoms with van der Waals surface area (Å²) in [6, 6.07) is 11.6. The molecular weight excluding hydrogens is 397 g/mol. The third kappa shape index (κ3) is 4.67. The van der Waals surface area contributed by atoms with Gasteiger partial charge in [-0.3, -0.25) is 4.72 Å². The zero-order valence-electron chi connectivity index (χ0n) is 14.3. The number of aromatic nitrogens is 1. The lowest BCUT2D eigenvalue weighted by Crippen LogP contribution is -2.09. The Labute approximate surface area is 158 Å². The molecule has 3 aromatic rings. The normalized spacial score (nSPS) is 12.2. The molecule has 0 amide bonds. The minimum absolute atomic E-state index is 0.442. The summed E-state index contributed by atoms with van der Waals surface area (Å²) in [5.74, 6) is 0. The lowest BCUT2D eigenvalue weighted by atomic mass is 10.1. The molecule has 0 saturated carbocycles. The van der Waals surface area contributed by atoms with E-state index in [1.165, 1.54) is 23.5 Å². The van der Waals surface area contributed by atoms with Gasteiger partial charge in [0.05, 0.1) is 17.5 Å². The molecule has 27 heavy (non-hydrogen) atoms. The van der Waals surface area contributed by atoms with Crippen LogP contribution in [0.2, 0.25) is 0 Å². The number of hydrogen-bond donors (Lipinski definition) is 1. The number of nitrogens with one attached hydrogen (secondary N) is 1. The van der Waals surface area contributed by atoms with Gasteiger partial charge >= 0.3 is 6.18 Å². The Bertz CT molecular complexity index is 1060. The van der Waals surface area contributed by atoms with Gasteiger partial charge in [-0.2, -0.15) is 13.2 Å². The molecule has 0 aliphatic rings. The molecule has 0 fully saturated rings. The Hall–Kier alpha value is -2.39. The zero-order chi connectivity index (χ0) is 19.8. The molecular formula is C18H15F3N2O2S2. The predicted molar refractivity (Wildman–Crippen MR) is 101 cm³/mol. The van der Waals surface area contributed by atoms with Crippen LogP contribution < -0.4 is 4.72 Å². The summed E-state index contributed by atoms with van der Waals surface area (Å²) < 4.78 is 63.0. The Kier molecular flexibility index (Phi) is 5.00. The van der Waals surface area contributed by atoms with Gasteiger partial charge in [-0.05, 0) is 31.2 Å². The standard InChI is InChI=1S/C18H15F3N2O2S2/c1-11-16(12-5-9-15(10-6-12)23-27(2,24)25)22-17(26-11)13-3-7-14(8-4-13)18(19,20)21/h3-10,23H,1-2H3. The van der Waals surface area contributed by atoms with Gasteiger partial charge in [0.2, 0.25) is 10.0 Å². The topological polar surface area (TPSA) is 59.1 Å². The molecule has 0 radical (unpaired) electrons. The van der Waals surface area contributed by atoms with E-state index in [1.54, 1.807) is 24.3 Å². The van der Waals surface area contributed by atoms with Crippen molar-refractivity contribution in [3.05, 3.63) is 59.0 Å². The fourth-order valence-electron chi connectivity index (χ4n) is 2.50. The Balaban J connectivity index is 1.88. The van der Waals surface area contributed by atoms with E-state index in [0.717, 1.165) is 28.8 Å². The van der Waals surface area contributed by atoms with E-state index in [4.69, 9.17) is 0 Å². The number of aryl methyl sites for hydroxylation is 1. The molecule has 4 nitrogen and oxygen atoms in total. The maximum absolute atomic E-state index is 12.7. The summed E-state index contributed by atoms with van der Waals surface area (Å²) in [4.78, 5) is 5.46. The highest BCUT2D eigenvalue weighted by Crippen LogP contribution is 2.35. The average molecular weight is 412 g/mol. The predicted octanol–water partition coefficient (Wildman–Crippen LogP) is 5.18. The Morgan fingerprint density at radius 3 is 2.04 bits per heavy atom. The SMILES string of the molecule is Cc1sc(-c2ccc(C(F)(F)F)cc2)nc1-c1ccc(NS(C)(=O)=O)cc1. The summed E-state index contributed by atoms with van der Waals surface area (Å²) in [7, 11) is -3.35. The molecule has 1 N–H and O–H groups in total. The quantitative estimate of drug-likeness (QED) is 0.643. The molecule has 2 aromatic carbocycles. The summed E-state index contributed by atoms with van der Waals surface area (Å²) in [6.45, 7) is 1.88. The first-order chi connectivity index (χ1) is 12.5. The van der Waals surface area contributed by atoms with Gasteiger partial charge in [0, 0.05) is 21.7 Å². The highest BCUT2D eigenvalue weighted by atomic mass is 32.2. The zero-order valence-corrected chi connectivity index (χ0v) is 16.0. The molecule has 142 valence electrons. The van der Waals surface area contributed by atoms with Crippen molar-refractivity contribution in [2.45, 2.75) is 13.1 Å². The smallest absolute Gasteiger partial charge is 0.284 e. The number of rotatable bonds is 4. The summed E-state index contributed by atoms with van der Waals surface area (Å²) in [5.41, 5.74) is 1.85. The van der Waals surface area contributed by atoms with E-state index in [9.17, 15) is 21.6 Å². The number of anilines is 1. The van der Waals surface area contributed by atoms with E-state index in [2.05, 4.69) is 9.71 Å². The maximum Gasteiger partial charge on any atom is 0.416 e. The molecule has 3 rings (SSSR count). The van der Waals surface area contributed by atoms with Crippen molar-refractivity contribution in [3.63, 3.8) is 0 Å². The fourth-order valence-corrected chi connectivity index (χ4v) is 4.01. The highest BCUT2D eigenvalue weighted by molar-refractivity contribution is 7.92. The minimum atomic E-state index is -4.37. The second-order valence-electron chi connectivity index (χ2n) is 5.95. The first-order valence-electron chi connectivity index (χ1n) is 7.76. The second kappa shape index (κ2) is 6.97. The van der Waals surface area contributed by atoms with Crippen LogP contribution in [0.4, 0.5) is 18.9 Å². The second-order valence-corrected chi connectivity index (χ2v) is 8.90. The lowest BCUT2D eigenvalue weighted by molar-refractivity contribution is -0.137. The summed E-state index contributed by atoms with van der Waals surface area (Å²) in [5, 5.41) is 0.620. The lowest BCUT2D eigenvalue weighted by Gasteiger charge is -2.06. The van der Waals surface area contributed by atoms with Crippen LogP contribution in [0.3, 0.4) is 0 Å². The largest absolute Gasteiger partial charge is 0.416 e. The molecule has 0 bridgehead atoms. The number of sulfonamides is 1. The van der Waals surface area contributed by atoms with E-state index in [1.807, 2.05) is 6.92 Å². The molecule has 9 heteroatoms. The number of thiazole rings is 1. The van der Waals surface area contributed by atoms with Gasteiger partial charge in [0.15, 0.2) is 0 Å². The number of hydrogen-bond acceptors (Lipinski definition) is 4. The first kappa shape index (κ1) is 19.4. The van der Waals surface area contributed by atoms with Crippen molar-refractivity contribution in [2.24, 2.45) is 0 Å². The summed E-state index contributed by atoms with van der Waals surface area (Å²) in [6.07, 6.45) is -3.30. The van der Waals surface area contributed by atoms with Gasteiger partial charge in [-0.15, -0.1) is 11.3 Å². The molecule has 0 saturated heterocycles. The Morgan fingerprint density at radius 2 is 1.52 bits per heavy atom. The van der Waals surface area contributed by atoms with Crippen LogP contribution in [0.5, 0.6) is 0 Å². The Morgan fingerprint density at radius 1 is 0.963 bits per heavy atom. The van der Waals surface area contributed by atoms with Crippen LogP contribution in [-0.4, -0.2) is 19.7 Å². The number of alkyl halides is 3. The molecule has 0 aliphatic heterocycles. The van der Waals surface area contributed by atoms with E-state index < -0.39 is 21.8 Å². The van der Waals surface area contributed by atoms with Crippen LogP contribution >= 0.6 is 11.3 Å². The first-order valence-corrected chi connectivity index (χ1v) is 10.5. The van der Waals surface area contributed by atoms with Gasteiger partial charge in [-0.25, -0.2) is 13.4 Å². The van der Waals surface area contributed by atoms with Gasteiger partial charge in [-0.1, -0.05) is 24.3 Å². The van der Waals surface area contributed by atoms with Crippen LogP contribution in [0, 0.1) is 6.92 Å². The monoisotopic (exact) mass is 412 g/mol. The molecule has 1 heterocycles. The number of nitrogens with zero attached hydrogens (tertiary/aromatic N) is 1. The van der Waals surface area contributed by atoms with Crippen molar-refractivity contribution >= 4 is 27.0 Å². The third-order valence-electron chi connectivity index (χ3n) is 3.72. The van der Waals surface area contributed by atoms with Gasteiger partial charge in [0.1, 0.15) is 5.01 Å². The molecule has 0 aliphatic carbocycles. The van der Waals surface area contributed by atoms with Crippen LogP contribution in [0.1, 0.15) is 10.4 Å². The van der Waals surface area contributed by atoms with Crippen molar-refractivity contribution in [1.82, 2.24) is 4.98 Å². The van der Waals surface area contributed by atoms with Gasteiger partial charge in [0.25, 0.3) is 0 Å². The number of halogens is 3. The van der Waals surface area contributed by atoms with Crippen molar-refractivity contribution in [2.75, 3.05) is 11.0 Å². The highest BCUT2D eigenvalue weighted by Gasteiger charge is 2.30. The summed E-state index contributed by atoms with van der Waals surface area (Å²) >= 11 is 1.39. The van der Waals surface area contributed by atoms with Crippen LogP contribution in [-0.2, 0) is 16.2 Å². The maximum atomic E-state index is 12.7. The molecule has 1 aromatic heterocycles. The van der Waals surface area contributed by atoms with Crippen molar-refractivity contribution in [1.29, 1.82) is 0 Å². The molecule has 0 spiro atoms. The van der Waals surface area contributed by atoms with Crippen LogP contribution in [0.25, 0.3) is 21.8 Å². The van der Waals surface area contributed by atoms with Crippen molar-refractivity contribution in [3.8, 4) is 21.8 Å².